The lowest BCUT2D eigenvalue weighted by Crippen LogP contribution is -2.53. The van der Waals surface area contributed by atoms with Crippen molar-refractivity contribution in [1.29, 1.82) is 0 Å². The highest BCUT2D eigenvalue weighted by molar-refractivity contribution is 5.85. The number of rotatable bonds is 3. The molecular formula is C13H14FNO4. The summed E-state index contributed by atoms with van der Waals surface area (Å²) in [5.41, 5.74) is 0.528. The molecule has 0 unspecified atom stereocenters. The minimum absolute atomic E-state index is 0.00970. The molecule has 0 bridgehead atoms. The first kappa shape index (κ1) is 13.5. The van der Waals surface area contributed by atoms with Crippen molar-refractivity contribution in [2.24, 2.45) is 0 Å². The van der Waals surface area contributed by atoms with Crippen LogP contribution in [-0.4, -0.2) is 47.7 Å². The number of amides is 1. The number of hydrogen-bond acceptors (Lipinski definition) is 3. The smallest absolute Gasteiger partial charge is 0.328 e. The van der Waals surface area contributed by atoms with E-state index in [-0.39, 0.29) is 25.5 Å². The normalized spacial score (nSPS) is 19.2. The SMILES string of the molecule is O=C(O)[C@@H]1COCCN1C(=O)Cc1cccc(F)c1. The van der Waals surface area contributed by atoms with Crippen LogP contribution in [0.2, 0.25) is 0 Å². The lowest BCUT2D eigenvalue weighted by atomic mass is 10.1. The van der Waals surface area contributed by atoms with Gasteiger partial charge >= 0.3 is 5.97 Å². The van der Waals surface area contributed by atoms with Gasteiger partial charge in [0.05, 0.1) is 19.6 Å². The summed E-state index contributed by atoms with van der Waals surface area (Å²) < 4.78 is 18.1. The maximum absolute atomic E-state index is 13.0. The van der Waals surface area contributed by atoms with Gasteiger partial charge in [-0.1, -0.05) is 12.1 Å². The largest absolute Gasteiger partial charge is 0.480 e. The topological polar surface area (TPSA) is 66.8 Å². The summed E-state index contributed by atoms with van der Waals surface area (Å²) in [5, 5.41) is 9.03. The Morgan fingerprint density at radius 1 is 1.47 bits per heavy atom. The number of carboxylic acid groups (broad SMARTS) is 1. The van der Waals surface area contributed by atoms with E-state index in [9.17, 15) is 14.0 Å². The maximum atomic E-state index is 13.0. The Bertz CT molecular complexity index is 491. The molecular weight excluding hydrogens is 253 g/mol. The molecule has 0 aliphatic carbocycles. The van der Waals surface area contributed by atoms with Gasteiger partial charge in [0.2, 0.25) is 5.91 Å². The Morgan fingerprint density at radius 2 is 2.26 bits per heavy atom. The van der Waals surface area contributed by atoms with Gasteiger partial charge in [-0.15, -0.1) is 0 Å². The zero-order valence-corrected chi connectivity index (χ0v) is 10.2. The Balaban J connectivity index is 2.07. The summed E-state index contributed by atoms with van der Waals surface area (Å²) in [7, 11) is 0. The second kappa shape index (κ2) is 5.79. The van der Waals surface area contributed by atoms with Gasteiger partial charge in [0, 0.05) is 6.54 Å². The van der Waals surface area contributed by atoms with Crippen LogP contribution in [0.3, 0.4) is 0 Å². The molecule has 1 aliphatic rings. The minimum Gasteiger partial charge on any atom is -0.480 e. The summed E-state index contributed by atoms with van der Waals surface area (Å²) in [6, 6.07) is 4.76. The predicted octanol–water partition coefficient (Wildman–Crippen LogP) is 0.680. The number of carbonyl (C=O) groups is 2. The number of carbonyl (C=O) groups excluding carboxylic acids is 1. The molecule has 6 heteroatoms. The first-order valence-corrected chi connectivity index (χ1v) is 5.92. The van der Waals surface area contributed by atoms with E-state index in [1.54, 1.807) is 6.07 Å². The molecule has 0 spiro atoms. The average Bonchev–Trinajstić information content (AvgIpc) is 2.38. The molecule has 5 nitrogen and oxygen atoms in total. The fraction of sp³-hybridized carbons (Fsp3) is 0.385. The first-order valence-electron chi connectivity index (χ1n) is 5.92. The molecule has 1 aliphatic heterocycles. The molecule has 102 valence electrons. The number of benzene rings is 1. The van der Waals surface area contributed by atoms with E-state index in [1.165, 1.54) is 23.1 Å². The van der Waals surface area contributed by atoms with Gasteiger partial charge in [-0.3, -0.25) is 4.79 Å². The molecule has 1 atom stereocenters. The highest BCUT2D eigenvalue weighted by atomic mass is 19.1. The van der Waals surface area contributed by atoms with Crippen molar-refractivity contribution in [2.75, 3.05) is 19.8 Å². The van der Waals surface area contributed by atoms with Crippen molar-refractivity contribution < 1.29 is 23.8 Å². The number of nitrogens with zero attached hydrogens (tertiary/aromatic N) is 1. The Labute approximate surface area is 109 Å². The van der Waals surface area contributed by atoms with E-state index in [1.807, 2.05) is 0 Å². The molecule has 1 saturated heterocycles. The predicted molar refractivity (Wildman–Crippen MR) is 64.1 cm³/mol. The molecule has 1 fully saturated rings. The summed E-state index contributed by atoms with van der Waals surface area (Å²) in [4.78, 5) is 24.4. The number of halogens is 1. The summed E-state index contributed by atoms with van der Waals surface area (Å²) in [6.45, 7) is 0.550. The van der Waals surface area contributed by atoms with Crippen LogP contribution >= 0.6 is 0 Å². The molecule has 1 N–H and O–H groups in total. The summed E-state index contributed by atoms with van der Waals surface area (Å²) in [5.74, 6) is -1.84. The Hall–Kier alpha value is -1.95. The first-order chi connectivity index (χ1) is 9.08. The zero-order valence-electron chi connectivity index (χ0n) is 10.2. The molecule has 1 aromatic rings. The Kier molecular flexibility index (Phi) is 4.11. The number of morpholine rings is 1. The van der Waals surface area contributed by atoms with Gasteiger partial charge in [-0.25, -0.2) is 9.18 Å². The molecule has 1 aromatic carbocycles. The van der Waals surface area contributed by atoms with Gasteiger partial charge in [0.1, 0.15) is 5.82 Å². The van der Waals surface area contributed by atoms with E-state index >= 15 is 0 Å². The van der Waals surface area contributed by atoms with Crippen molar-refractivity contribution in [2.45, 2.75) is 12.5 Å². The third-order valence-corrected chi connectivity index (χ3v) is 2.98. The second-order valence-corrected chi connectivity index (χ2v) is 4.32. The third-order valence-electron chi connectivity index (χ3n) is 2.98. The van der Waals surface area contributed by atoms with Crippen LogP contribution in [0, 0.1) is 5.82 Å². The van der Waals surface area contributed by atoms with Gasteiger partial charge in [0.15, 0.2) is 6.04 Å². The average molecular weight is 267 g/mol. The van der Waals surface area contributed by atoms with Crippen molar-refractivity contribution >= 4 is 11.9 Å². The standard InChI is InChI=1S/C13H14FNO4/c14-10-3-1-2-9(6-10)7-12(16)15-4-5-19-8-11(15)13(17)18/h1-3,6,11H,4-5,7-8H2,(H,17,18)/t11-/m0/s1. The van der Waals surface area contributed by atoms with Crippen LogP contribution in [0.1, 0.15) is 5.56 Å². The quantitative estimate of drug-likeness (QED) is 0.874. The number of aliphatic carboxylic acids is 1. The van der Waals surface area contributed by atoms with Gasteiger partial charge in [-0.2, -0.15) is 0 Å². The molecule has 0 radical (unpaired) electrons. The highest BCUT2D eigenvalue weighted by Gasteiger charge is 2.32. The van der Waals surface area contributed by atoms with Crippen LogP contribution in [-0.2, 0) is 20.7 Å². The van der Waals surface area contributed by atoms with Crippen molar-refractivity contribution in [3.8, 4) is 0 Å². The minimum atomic E-state index is -1.09. The van der Waals surface area contributed by atoms with E-state index < -0.39 is 17.8 Å². The van der Waals surface area contributed by atoms with E-state index in [0.717, 1.165) is 0 Å². The fourth-order valence-electron chi connectivity index (χ4n) is 2.03. The fourth-order valence-corrected chi connectivity index (χ4v) is 2.03. The third kappa shape index (κ3) is 3.29. The molecule has 1 heterocycles. The molecule has 1 amide bonds. The van der Waals surface area contributed by atoms with E-state index in [4.69, 9.17) is 9.84 Å². The summed E-state index contributed by atoms with van der Waals surface area (Å²) in [6.07, 6.45) is -0.0124. The zero-order chi connectivity index (χ0) is 13.8. The van der Waals surface area contributed by atoms with Crippen molar-refractivity contribution in [1.82, 2.24) is 4.90 Å². The van der Waals surface area contributed by atoms with Crippen molar-refractivity contribution in [3.63, 3.8) is 0 Å². The number of hydrogen-bond donors (Lipinski definition) is 1. The van der Waals surface area contributed by atoms with Crippen LogP contribution in [0.4, 0.5) is 4.39 Å². The van der Waals surface area contributed by atoms with Crippen LogP contribution in [0.5, 0.6) is 0 Å². The lowest BCUT2D eigenvalue weighted by Gasteiger charge is -2.32. The number of ether oxygens (including phenoxy) is 1. The summed E-state index contributed by atoms with van der Waals surface area (Å²) >= 11 is 0. The van der Waals surface area contributed by atoms with E-state index in [0.29, 0.717) is 12.2 Å². The molecule has 0 aromatic heterocycles. The van der Waals surface area contributed by atoms with Crippen LogP contribution in [0.15, 0.2) is 24.3 Å². The Morgan fingerprint density at radius 3 is 2.95 bits per heavy atom. The monoisotopic (exact) mass is 267 g/mol. The van der Waals surface area contributed by atoms with Crippen LogP contribution < -0.4 is 0 Å². The second-order valence-electron chi connectivity index (χ2n) is 4.32. The van der Waals surface area contributed by atoms with E-state index in [2.05, 4.69) is 0 Å². The van der Waals surface area contributed by atoms with Gasteiger partial charge in [0.25, 0.3) is 0 Å². The van der Waals surface area contributed by atoms with Crippen molar-refractivity contribution in [3.05, 3.63) is 35.6 Å². The molecule has 19 heavy (non-hydrogen) atoms. The lowest BCUT2D eigenvalue weighted by molar-refractivity contribution is -0.158. The maximum Gasteiger partial charge on any atom is 0.328 e. The molecule has 0 saturated carbocycles. The van der Waals surface area contributed by atoms with Gasteiger partial charge < -0.3 is 14.7 Å². The highest BCUT2D eigenvalue weighted by Crippen LogP contribution is 2.12. The number of carboxylic acids is 1. The molecule has 2 rings (SSSR count). The van der Waals surface area contributed by atoms with Gasteiger partial charge in [-0.05, 0) is 17.7 Å². The van der Waals surface area contributed by atoms with Crippen LogP contribution in [0.25, 0.3) is 0 Å².